The van der Waals surface area contributed by atoms with E-state index in [1.165, 1.54) is 0 Å². The smallest absolute Gasteiger partial charge is 0.322 e. The van der Waals surface area contributed by atoms with Crippen molar-refractivity contribution in [3.05, 3.63) is 0 Å². The number of hydrogen-bond donors (Lipinski definition) is 2. The number of rotatable bonds is 10. The van der Waals surface area contributed by atoms with Crippen LogP contribution in [-0.4, -0.2) is 37.2 Å². The highest BCUT2D eigenvalue weighted by atomic mass is 16.5. The molecule has 0 spiro atoms. The zero-order chi connectivity index (χ0) is 16.4. The summed E-state index contributed by atoms with van der Waals surface area (Å²) >= 11 is 0. The van der Waals surface area contributed by atoms with Gasteiger partial charge in [-0.05, 0) is 24.7 Å². The van der Waals surface area contributed by atoms with Gasteiger partial charge in [-0.3, -0.25) is 9.59 Å². The molecule has 6 nitrogen and oxygen atoms in total. The van der Waals surface area contributed by atoms with E-state index >= 15 is 0 Å². The van der Waals surface area contributed by atoms with E-state index in [-0.39, 0.29) is 13.2 Å². The van der Waals surface area contributed by atoms with Crippen molar-refractivity contribution in [3.63, 3.8) is 0 Å². The Bertz CT molecular complexity index is 289. The maximum atomic E-state index is 11.5. The Labute approximate surface area is 127 Å². The molecule has 0 saturated carbocycles. The molecule has 0 aromatic heterocycles. The van der Waals surface area contributed by atoms with E-state index < -0.39 is 24.0 Å². The molecule has 0 radical (unpaired) electrons. The topological polar surface area (TPSA) is 105 Å². The maximum absolute atomic E-state index is 11.5. The summed E-state index contributed by atoms with van der Waals surface area (Å²) in [5.74, 6) is -0.134. The van der Waals surface area contributed by atoms with Gasteiger partial charge >= 0.3 is 11.9 Å². The number of nitrogens with two attached hydrogens (primary N) is 2. The Hall–Kier alpha value is -1.14. The molecule has 0 heterocycles. The van der Waals surface area contributed by atoms with Gasteiger partial charge in [0.2, 0.25) is 0 Å². The lowest BCUT2D eigenvalue weighted by Crippen LogP contribution is -2.34. The third kappa shape index (κ3) is 10.3. The molecule has 0 unspecified atom stereocenters. The van der Waals surface area contributed by atoms with Gasteiger partial charge < -0.3 is 20.9 Å². The largest absolute Gasteiger partial charge is 0.464 e. The lowest BCUT2D eigenvalue weighted by atomic mass is 10.1. The van der Waals surface area contributed by atoms with Crippen molar-refractivity contribution in [1.29, 1.82) is 0 Å². The van der Waals surface area contributed by atoms with Crippen LogP contribution in [0.2, 0.25) is 0 Å². The van der Waals surface area contributed by atoms with Crippen molar-refractivity contribution in [2.45, 2.75) is 59.0 Å². The predicted octanol–water partition coefficient (Wildman–Crippen LogP) is 1.21. The molecule has 0 saturated heterocycles. The summed E-state index contributed by atoms with van der Waals surface area (Å²) in [6.07, 6.45) is 1.63. The molecule has 0 bridgehead atoms. The summed E-state index contributed by atoms with van der Waals surface area (Å²) in [7, 11) is 0. The summed E-state index contributed by atoms with van der Waals surface area (Å²) in [4.78, 5) is 23.1. The highest BCUT2D eigenvalue weighted by Gasteiger charge is 2.17. The van der Waals surface area contributed by atoms with Gasteiger partial charge in [0, 0.05) is 6.42 Å². The zero-order valence-electron chi connectivity index (χ0n) is 13.6. The quantitative estimate of drug-likeness (QED) is 0.464. The number of esters is 2. The molecule has 0 aliphatic carbocycles. The zero-order valence-corrected chi connectivity index (χ0v) is 13.6. The average Bonchev–Trinajstić information content (AvgIpc) is 2.36. The number of carbonyl (C=O) groups excluding carboxylic acids is 2. The number of ether oxygens (including phenoxy) is 2. The monoisotopic (exact) mass is 302 g/mol. The molecule has 6 heteroatoms. The summed E-state index contributed by atoms with van der Waals surface area (Å²) in [5.41, 5.74) is 11.4. The van der Waals surface area contributed by atoms with Crippen LogP contribution in [0.5, 0.6) is 0 Å². The second kappa shape index (κ2) is 10.6. The van der Waals surface area contributed by atoms with Crippen LogP contribution in [0.3, 0.4) is 0 Å². The molecule has 0 aliphatic heterocycles. The first-order valence-electron chi connectivity index (χ1n) is 7.58. The van der Waals surface area contributed by atoms with E-state index in [0.717, 1.165) is 0 Å². The van der Waals surface area contributed by atoms with Crippen LogP contribution >= 0.6 is 0 Å². The van der Waals surface area contributed by atoms with E-state index in [1.54, 1.807) is 0 Å². The Balaban J connectivity index is 3.72. The molecule has 2 atom stereocenters. The minimum absolute atomic E-state index is 0.192. The molecular formula is C15H30N2O4. The lowest BCUT2D eigenvalue weighted by Gasteiger charge is -2.14. The van der Waals surface area contributed by atoms with Crippen LogP contribution in [0.15, 0.2) is 0 Å². The first-order valence-corrected chi connectivity index (χ1v) is 7.58. The molecule has 0 aliphatic rings. The first kappa shape index (κ1) is 19.9. The van der Waals surface area contributed by atoms with Gasteiger partial charge in [-0.1, -0.05) is 27.7 Å². The second-order valence-corrected chi connectivity index (χ2v) is 6.16. The minimum Gasteiger partial charge on any atom is -0.464 e. The van der Waals surface area contributed by atoms with Crippen LogP contribution in [0.25, 0.3) is 0 Å². The molecule has 124 valence electrons. The Kier molecular flexibility index (Phi) is 9.99. The van der Waals surface area contributed by atoms with E-state index in [4.69, 9.17) is 20.9 Å². The van der Waals surface area contributed by atoms with Gasteiger partial charge in [-0.25, -0.2) is 0 Å². The molecule has 0 aromatic carbocycles. The molecule has 4 N–H and O–H groups in total. The fraction of sp³-hybridized carbons (Fsp3) is 0.867. The minimum atomic E-state index is -0.591. The fourth-order valence-corrected chi connectivity index (χ4v) is 1.83. The molecule has 0 aromatic rings. The molecule has 0 fully saturated rings. The summed E-state index contributed by atoms with van der Waals surface area (Å²) < 4.78 is 10.1. The van der Waals surface area contributed by atoms with Crippen molar-refractivity contribution in [1.82, 2.24) is 0 Å². The molecular weight excluding hydrogens is 272 g/mol. The van der Waals surface area contributed by atoms with Crippen LogP contribution in [0.1, 0.15) is 47.0 Å². The van der Waals surface area contributed by atoms with Crippen molar-refractivity contribution in [2.24, 2.45) is 23.3 Å². The summed E-state index contributed by atoms with van der Waals surface area (Å²) in [6, 6.07) is -1.18. The first-order chi connectivity index (χ1) is 9.73. The van der Waals surface area contributed by atoms with Gasteiger partial charge in [0.1, 0.15) is 12.1 Å². The summed E-state index contributed by atoms with van der Waals surface area (Å²) in [6.45, 7) is 8.36. The highest BCUT2D eigenvalue weighted by Crippen LogP contribution is 2.05. The highest BCUT2D eigenvalue weighted by molar-refractivity contribution is 5.75. The van der Waals surface area contributed by atoms with Crippen molar-refractivity contribution >= 4 is 11.9 Å². The number of carbonyl (C=O) groups is 2. The van der Waals surface area contributed by atoms with Crippen molar-refractivity contribution in [2.75, 3.05) is 13.2 Å². The standard InChI is InChI=1S/C15H30N2O4/c1-10(2)8-12(16)14(18)20-6-5-7-21-15(19)13(17)9-11(3)4/h10-13H,5-9,16-17H2,1-4H3/t12-,13-/m0/s1. The van der Waals surface area contributed by atoms with Gasteiger partial charge in [0.15, 0.2) is 0 Å². The molecule has 0 rings (SSSR count). The van der Waals surface area contributed by atoms with Crippen molar-refractivity contribution < 1.29 is 19.1 Å². The van der Waals surface area contributed by atoms with E-state index in [2.05, 4.69) is 0 Å². The third-order valence-corrected chi connectivity index (χ3v) is 2.83. The van der Waals surface area contributed by atoms with Crippen LogP contribution in [0, 0.1) is 11.8 Å². The Morgan fingerprint density at radius 2 is 1.14 bits per heavy atom. The van der Waals surface area contributed by atoms with E-state index in [0.29, 0.717) is 31.1 Å². The Morgan fingerprint density at radius 1 is 0.810 bits per heavy atom. The third-order valence-electron chi connectivity index (χ3n) is 2.83. The fourth-order valence-electron chi connectivity index (χ4n) is 1.83. The maximum Gasteiger partial charge on any atom is 0.322 e. The van der Waals surface area contributed by atoms with Crippen molar-refractivity contribution in [3.8, 4) is 0 Å². The van der Waals surface area contributed by atoms with E-state index in [9.17, 15) is 9.59 Å². The molecule has 0 amide bonds. The normalized spacial score (nSPS) is 14.1. The second-order valence-electron chi connectivity index (χ2n) is 6.16. The van der Waals surface area contributed by atoms with E-state index in [1.807, 2.05) is 27.7 Å². The molecule has 21 heavy (non-hydrogen) atoms. The predicted molar refractivity (Wildman–Crippen MR) is 81.4 cm³/mol. The van der Waals surface area contributed by atoms with Crippen LogP contribution in [-0.2, 0) is 19.1 Å². The lowest BCUT2D eigenvalue weighted by molar-refractivity contribution is -0.148. The van der Waals surface area contributed by atoms with Gasteiger partial charge in [-0.15, -0.1) is 0 Å². The Morgan fingerprint density at radius 3 is 1.43 bits per heavy atom. The van der Waals surface area contributed by atoms with Gasteiger partial charge in [-0.2, -0.15) is 0 Å². The summed E-state index contributed by atoms with van der Waals surface area (Å²) in [5, 5.41) is 0. The van der Waals surface area contributed by atoms with Gasteiger partial charge in [0.25, 0.3) is 0 Å². The van der Waals surface area contributed by atoms with Gasteiger partial charge in [0.05, 0.1) is 13.2 Å². The SMILES string of the molecule is CC(C)C[C@H](N)C(=O)OCCCOC(=O)[C@@H](N)CC(C)C. The number of hydrogen-bond acceptors (Lipinski definition) is 6. The van der Waals surface area contributed by atoms with Crippen LogP contribution < -0.4 is 11.5 Å². The average molecular weight is 302 g/mol. The van der Waals surface area contributed by atoms with Crippen LogP contribution in [0.4, 0.5) is 0 Å².